The first-order valence-electron chi connectivity index (χ1n) is 8.57. The van der Waals surface area contributed by atoms with Crippen molar-refractivity contribution >= 4 is 11.7 Å². The number of amides is 1. The van der Waals surface area contributed by atoms with Crippen LogP contribution < -0.4 is 10.1 Å². The van der Waals surface area contributed by atoms with E-state index in [0.29, 0.717) is 11.3 Å². The summed E-state index contributed by atoms with van der Waals surface area (Å²) in [4.78, 5) is 23.7. The lowest BCUT2D eigenvalue weighted by Gasteiger charge is -2.19. The number of carbonyl (C=O) groups excluding carboxylic acids is 2. The molecule has 2 aromatic rings. The second-order valence-electron chi connectivity index (χ2n) is 6.28. The van der Waals surface area contributed by atoms with Gasteiger partial charge in [-0.2, -0.15) is 0 Å². The molecule has 0 aliphatic heterocycles. The van der Waals surface area contributed by atoms with Gasteiger partial charge >= 0.3 is 0 Å². The Morgan fingerprint density at radius 3 is 2.44 bits per heavy atom. The average molecular weight is 339 g/mol. The van der Waals surface area contributed by atoms with Crippen molar-refractivity contribution in [3.05, 3.63) is 65.7 Å². The topological polar surface area (TPSA) is 55.4 Å². The number of nitrogens with one attached hydrogen (secondary N) is 1. The SMILES string of the molecule is CC(=O)c1cccc(OC(C)C(=O)NC(C)CCc2ccccc2)c1. The Bertz CT molecular complexity index is 712. The summed E-state index contributed by atoms with van der Waals surface area (Å²) in [5.41, 5.74) is 1.83. The zero-order valence-electron chi connectivity index (χ0n) is 15.0. The van der Waals surface area contributed by atoms with Crippen LogP contribution in [-0.4, -0.2) is 23.8 Å². The predicted octanol–water partition coefficient (Wildman–Crippen LogP) is 3.79. The molecule has 0 heterocycles. The van der Waals surface area contributed by atoms with Crippen LogP contribution in [0.2, 0.25) is 0 Å². The number of carbonyl (C=O) groups is 2. The van der Waals surface area contributed by atoms with Gasteiger partial charge in [-0.05, 0) is 51.3 Å². The molecule has 2 unspecified atom stereocenters. The lowest BCUT2D eigenvalue weighted by Crippen LogP contribution is -2.41. The molecule has 0 saturated heterocycles. The van der Waals surface area contributed by atoms with Crippen LogP contribution in [0.15, 0.2) is 54.6 Å². The second kappa shape index (κ2) is 9.02. The van der Waals surface area contributed by atoms with Gasteiger partial charge in [0.15, 0.2) is 11.9 Å². The smallest absolute Gasteiger partial charge is 0.260 e. The van der Waals surface area contributed by atoms with Gasteiger partial charge in [-0.3, -0.25) is 9.59 Å². The van der Waals surface area contributed by atoms with Crippen molar-refractivity contribution in [2.75, 3.05) is 0 Å². The van der Waals surface area contributed by atoms with E-state index in [1.807, 2.05) is 25.1 Å². The average Bonchev–Trinajstić information content (AvgIpc) is 2.61. The van der Waals surface area contributed by atoms with Gasteiger partial charge in [0.05, 0.1) is 0 Å². The van der Waals surface area contributed by atoms with Gasteiger partial charge in [0, 0.05) is 11.6 Å². The van der Waals surface area contributed by atoms with Crippen LogP contribution in [0.25, 0.3) is 0 Å². The van der Waals surface area contributed by atoms with Gasteiger partial charge in [0.1, 0.15) is 5.75 Å². The van der Waals surface area contributed by atoms with E-state index < -0.39 is 6.10 Å². The number of hydrogen-bond donors (Lipinski definition) is 1. The van der Waals surface area contributed by atoms with E-state index in [1.54, 1.807) is 31.2 Å². The minimum atomic E-state index is -0.624. The second-order valence-corrected chi connectivity index (χ2v) is 6.28. The largest absolute Gasteiger partial charge is 0.481 e. The molecular weight excluding hydrogens is 314 g/mol. The summed E-state index contributed by atoms with van der Waals surface area (Å²) in [6.45, 7) is 5.20. The summed E-state index contributed by atoms with van der Waals surface area (Å²) < 4.78 is 5.67. The molecule has 0 radical (unpaired) electrons. The van der Waals surface area contributed by atoms with Gasteiger partial charge in [-0.15, -0.1) is 0 Å². The van der Waals surface area contributed by atoms with Gasteiger partial charge in [-0.25, -0.2) is 0 Å². The van der Waals surface area contributed by atoms with Gasteiger partial charge in [0.25, 0.3) is 5.91 Å². The molecule has 132 valence electrons. The Kier molecular flexibility index (Phi) is 6.75. The Hall–Kier alpha value is -2.62. The number of aryl methyl sites for hydroxylation is 1. The number of benzene rings is 2. The standard InChI is InChI=1S/C21H25NO3/c1-15(12-13-18-8-5-4-6-9-18)22-21(24)17(3)25-20-11-7-10-19(14-20)16(2)23/h4-11,14-15,17H,12-13H2,1-3H3,(H,22,24). The summed E-state index contributed by atoms with van der Waals surface area (Å²) in [6, 6.07) is 17.1. The molecule has 1 N–H and O–H groups in total. The maximum Gasteiger partial charge on any atom is 0.260 e. The van der Waals surface area contributed by atoms with Crippen LogP contribution in [0, 0.1) is 0 Å². The first-order chi connectivity index (χ1) is 12.0. The van der Waals surface area contributed by atoms with E-state index in [0.717, 1.165) is 12.8 Å². The van der Waals surface area contributed by atoms with E-state index in [-0.39, 0.29) is 17.7 Å². The van der Waals surface area contributed by atoms with Crippen molar-refractivity contribution in [1.29, 1.82) is 0 Å². The summed E-state index contributed by atoms with van der Waals surface area (Å²) in [7, 11) is 0. The highest BCUT2D eigenvalue weighted by molar-refractivity contribution is 5.94. The molecule has 2 rings (SSSR count). The highest BCUT2D eigenvalue weighted by Crippen LogP contribution is 2.15. The molecule has 0 spiro atoms. The molecule has 4 heteroatoms. The molecule has 0 fully saturated rings. The minimum absolute atomic E-state index is 0.0305. The Balaban J connectivity index is 1.83. The Labute approximate surface area is 149 Å². The third kappa shape index (κ3) is 6.07. The summed E-state index contributed by atoms with van der Waals surface area (Å²) >= 11 is 0. The van der Waals surface area contributed by atoms with Crippen molar-refractivity contribution in [2.24, 2.45) is 0 Å². The molecule has 0 aliphatic carbocycles. The predicted molar refractivity (Wildman–Crippen MR) is 98.9 cm³/mol. The molecule has 2 atom stereocenters. The fourth-order valence-electron chi connectivity index (χ4n) is 2.51. The summed E-state index contributed by atoms with van der Waals surface area (Å²) in [5.74, 6) is 0.332. The summed E-state index contributed by atoms with van der Waals surface area (Å²) in [6.07, 6.45) is 1.15. The maximum absolute atomic E-state index is 12.3. The van der Waals surface area contributed by atoms with Crippen molar-refractivity contribution in [3.8, 4) is 5.75 Å². The van der Waals surface area contributed by atoms with Crippen molar-refractivity contribution in [1.82, 2.24) is 5.32 Å². The van der Waals surface area contributed by atoms with E-state index in [1.165, 1.54) is 12.5 Å². The molecule has 0 bridgehead atoms. The maximum atomic E-state index is 12.3. The lowest BCUT2D eigenvalue weighted by molar-refractivity contribution is -0.127. The molecule has 0 aliphatic rings. The van der Waals surface area contributed by atoms with Crippen LogP contribution in [0.5, 0.6) is 5.75 Å². The van der Waals surface area contributed by atoms with Gasteiger partial charge in [0.2, 0.25) is 0 Å². The number of ether oxygens (including phenoxy) is 1. The highest BCUT2D eigenvalue weighted by Gasteiger charge is 2.17. The van der Waals surface area contributed by atoms with E-state index in [9.17, 15) is 9.59 Å². The zero-order chi connectivity index (χ0) is 18.2. The van der Waals surface area contributed by atoms with Crippen LogP contribution in [-0.2, 0) is 11.2 Å². The minimum Gasteiger partial charge on any atom is -0.481 e. The molecule has 4 nitrogen and oxygen atoms in total. The molecular formula is C21H25NO3. The number of ketones is 1. The third-order valence-electron chi connectivity index (χ3n) is 4.02. The lowest BCUT2D eigenvalue weighted by atomic mass is 10.1. The van der Waals surface area contributed by atoms with Crippen molar-refractivity contribution in [3.63, 3.8) is 0 Å². The Morgan fingerprint density at radius 2 is 1.76 bits per heavy atom. The number of hydrogen-bond acceptors (Lipinski definition) is 3. The molecule has 2 aromatic carbocycles. The summed E-state index contributed by atoms with van der Waals surface area (Å²) in [5, 5.41) is 2.98. The number of Topliss-reactive ketones (excluding diaryl/α,β-unsaturated/α-hetero) is 1. The van der Waals surface area contributed by atoms with E-state index in [4.69, 9.17) is 4.74 Å². The van der Waals surface area contributed by atoms with Crippen LogP contribution >= 0.6 is 0 Å². The normalized spacial score (nSPS) is 12.9. The van der Waals surface area contributed by atoms with Crippen LogP contribution in [0.3, 0.4) is 0 Å². The van der Waals surface area contributed by atoms with E-state index >= 15 is 0 Å². The Morgan fingerprint density at radius 1 is 1.04 bits per heavy atom. The highest BCUT2D eigenvalue weighted by atomic mass is 16.5. The number of rotatable bonds is 8. The van der Waals surface area contributed by atoms with Crippen molar-refractivity contribution < 1.29 is 14.3 Å². The van der Waals surface area contributed by atoms with Gasteiger partial charge < -0.3 is 10.1 Å². The monoisotopic (exact) mass is 339 g/mol. The van der Waals surface area contributed by atoms with Crippen LogP contribution in [0.4, 0.5) is 0 Å². The first kappa shape index (κ1) is 18.7. The fourth-order valence-corrected chi connectivity index (χ4v) is 2.51. The molecule has 1 amide bonds. The van der Waals surface area contributed by atoms with Crippen LogP contribution in [0.1, 0.15) is 43.1 Å². The first-order valence-corrected chi connectivity index (χ1v) is 8.57. The van der Waals surface area contributed by atoms with E-state index in [2.05, 4.69) is 17.4 Å². The zero-order valence-corrected chi connectivity index (χ0v) is 15.0. The molecule has 0 saturated carbocycles. The third-order valence-corrected chi connectivity index (χ3v) is 4.02. The molecule has 0 aromatic heterocycles. The molecule has 25 heavy (non-hydrogen) atoms. The van der Waals surface area contributed by atoms with Crippen molar-refractivity contribution in [2.45, 2.75) is 45.8 Å². The fraction of sp³-hybridized carbons (Fsp3) is 0.333. The van der Waals surface area contributed by atoms with Gasteiger partial charge in [-0.1, -0.05) is 42.5 Å². The quantitative estimate of drug-likeness (QED) is 0.744.